The van der Waals surface area contributed by atoms with Crippen molar-refractivity contribution < 1.29 is 14.7 Å². The topological polar surface area (TPSA) is 112 Å². The molecule has 0 unspecified atom stereocenters. The number of rotatable bonds is 8. The number of hydrogen-bond acceptors (Lipinski definition) is 7. The van der Waals surface area contributed by atoms with E-state index in [-0.39, 0.29) is 11.5 Å². The average Bonchev–Trinajstić information content (AvgIpc) is 2.89. The number of aromatic carboxylic acids is 1. The Labute approximate surface area is 237 Å². The highest BCUT2D eigenvalue weighted by molar-refractivity contribution is 5.93. The third kappa shape index (κ3) is 6.08. The average molecular weight is 549 g/mol. The maximum atomic E-state index is 13.8. The summed E-state index contributed by atoms with van der Waals surface area (Å²) in [5, 5.41) is 13.1. The van der Waals surface area contributed by atoms with Crippen LogP contribution in [0.25, 0.3) is 0 Å². The molecule has 0 aromatic carbocycles. The van der Waals surface area contributed by atoms with Gasteiger partial charge in [0.2, 0.25) is 0 Å². The van der Waals surface area contributed by atoms with Gasteiger partial charge >= 0.3 is 5.97 Å². The molecular weight excluding hydrogens is 504 g/mol. The maximum absolute atomic E-state index is 13.8. The van der Waals surface area contributed by atoms with Crippen LogP contribution in [0.15, 0.2) is 12.3 Å². The molecule has 3 heterocycles. The summed E-state index contributed by atoms with van der Waals surface area (Å²) in [5.41, 5.74) is 2.32. The van der Waals surface area contributed by atoms with Crippen LogP contribution in [0.5, 0.6) is 0 Å². The number of hydrogen-bond donors (Lipinski definition) is 2. The summed E-state index contributed by atoms with van der Waals surface area (Å²) in [5.74, 6) is 1.86. The van der Waals surface area contributed by atoms with Crippen LogP contribution in [0.4, 0.5) is 11.6 Å². The summed E-state index contributed by atoms with van der Waals surface area (Å²) < 4.78 is 0. The number of carbonyl (C=O) groups is 2. The zero-order valence-corrected chi connectivity index (χ0v) is 24.5. The quantitative estimate of drug-likeness (QED) is 0.459. The highest BCUT2D eigenvalue weighted by Crippen LogP contribution is 2.32. The van der Waals surface area contributed by atoms with E-state index in [1.165, 1.54) is 51.4 Å². The molecule has 2 aromatic rings. The number of aryl methyl sites for hydroxylation is 2. The van der Waals surface area contributed by atoms with Crippen LogP contribution in [-0.2, 0) is 6.42 Å². The van der Waals surface area contributed by atoms with Crippen molar-refractivity contribution in [3.8, 4) is 0 Å². The molecule has 3 fully saturated rings. The van der Waals surface area contributed by atoms with Gasteiger partial charge in [0.1, 0.15) is 17.3 Å². The predicted molar refractivity (Wildman–Crippen MR) is 156 cm³/mol. The maximum Gasteiger partial charge on any atom is 0.337 e. The summed E-state index contributed by atoms with van der Waals surface area (Å²) >= 11 is 0. The van der Waals surface area contributed by atoms with Gasteiger partial charge in [-0.3, -0.25) is 4.79 Å². The molecular formula is C31H44N6O3. The van der Waals surface area contributed by atoms with E-state index in [0.717, 1.165) is 30.3 Å². The van der Waals surface area contributed by atoms with Crippen molar-refractivity contribution >= 4 is 23.5 Å². The Morgan fingerprint density at radius 2 is 1.75 bits per heavy atom. The largest absolute Gasteiger partial charge is 0.478 e. The second-order valence-corrected chi connectivity index (χ2v) is 12.7. The summed E-state index contributed by atoms with van der Waals surface area (Å²) in [6.07, 6.45) is 12.7. The van der Waals surface area contributed by atoms with Crippen molar-refractivity contribution in [2.24, 2.45) is 11.8 Å². The van der Waals surface area contributed by atoms with Gasteiger partial charge in [-0.1, -0.05) is 38.5 Å². The SMILES string of the molecule is Cc1cc(N2CCN(C(=O)c3cnc(NCC4CCCCC4)c(CC4CCC4)n3)C(C)(C)C2)nc(C)c1C(=O)O. The number of pyridine rings is 1. The van der Waals surface area contributed by atoms with Gasteiger partial charge in [0.15, 0.2) is 0 Å². The van der Waals surface area contributed by atoms with E-state index in [1.807, 2.05) is 11.0 Å². The Morgan fingerprint density at radius 1 is 1.02 bits per heavy atom. The van der Waals surface area contributed by atoms with E-state index in [2.05, 4.69) is 29.0 Å². The number of carbonyl (C=O) groups excluding carboxylic acids is 1. The molecule has 0 radical (unpaired) electrons. The molecule has 0 atom stereocenters. The van der Waals surface area contributed by atoms with Gasteiger partial charge in [-0.25, -0.2) is 19.7 Å². The van der Waals surface area contributed by atoms with Gasteiger partial charge in [-0.05, 0) is 70.4 Å². The number of nitrogens with one attached hydrogen (secondary N) is 1. The number of amides is 1. The third-order valence-corrected chi connectivity index (χ3v) is 9.12. The van der Waals surface area contributed by atoms with E-state index in [1.54, 1.807) is 20.0 Å². The highest BCUT2D eigenvalue weighted by atomic mass is 16.4. The number of anilines is 2. The molecule has 5 rings (SSSR count). The first kappa shape index (κ1) is 28.3. The Balaban J connectivity index is 1.31. The normalized spacial score (nSPS) is 19.8. The monoisotopic (exact) mass is 548 g/mol. The van der Waals surface area contributed by atoms with Crippen LogP contribution in [0.2, 0.25) is 0 Å². The van der Waals surface area contributed by atoms with Crippen LogP contribution in [-0.4, -0.2) is 68.6 Å². The molecule has 2 aliphatic carbocycles. The first-order chi connectivity index (χ1) is 19.1. The molecule has 3 aliphatic rings. The van der Waals surface area contributed by atoms with Crippen LogP contribution in [0, 0.1) is 25.7 Å². The van der Waals surface area contributed by atoms with Gasteiger partial charge < -0.3 is 20.2 Å². The zero-order chi connectivity index (χ0) is 28.4. The molecule has 1 aliphatic heterocycles. The highest BCUT2D eigenvalue weighted by Gasteiger charge is 2.38. The van der Waals surface area contributed by atoms with Gasteiger partial charge in [0.05, 0.1) is 28.7 Å². The molecule has 2 saturated carbocycles. The fourth-order valence-electron chi connectivity index (χ4n) is 6.58. The van der Waals surface area contributed by atoms with E-state index in [9.17, 15) is 14.7 Å². The van der Waals surface area contributed by atoms with Crippen LogP contribution in [0.3, 0.4) is 0 Å². The lowest BCUT2D eigenvalue weighted by Gasteiger charge is -2.47. The fraction of sp³-hybridized carbons (Fsp3) is 0.645. The van der Waals surface area contributed by atoms with Crippen molar-refractivity contribution in [3.63, 3.8) is 0 Å². The van der Waals surface area contributed by atoms with Crippen molar-refractivity contribution in [3.05, 3.63) is 40.5 Å². The van der Waals surface area contributed by atoms with Crippen LogP contribution >= 0.6 is 0 Å². The third-order valence-electron chi connectivity index (χ3n) is 9.12. The minimum atomic E-state index is -0.960. The lowest BCUT2D eigenvalue weighted by atomic mass is 9.82. The molecule has 1 saturated heterocycles. The standard InChI is InChI=1S/C31H44N6O3/c1-20-15-26(34-21(2)27(20)30(39)40)36-13-14-37(31(3,4)19-36)29(38)25-18-33-28(24(35-25)16-22-11-8-12-22)32-17-23-9-6-5-7-10-23/h15,18,22-23H,5-14,16-17,19H2,1-4H3,(H,32,33)(H,39,40). The second-order valence-electron chi connectivity index (χ2n) is 12.7. The van der Waals surface area contributed by atoms with E-state index in [0.29, 0.717) is 48.4 Å². The van der Waals surface area contributed by atoms with Crippen LogP contribution < -0.4 is 10.2 Å². The van der Waals surface area contributed by atoms with E-state index >= 15 is 0 Å². The molecule has 9 heteroatoms. The van der Waals surface area contributed by atoms with Crippen molar-refractivity contribution in [2.45, 2.75) is 91.0 Å². The molecule has 9 nitrogen and oxygen atoms in total. The number of nitrogens with zero attached hydrogens (tertiary/aromatic N) is 5. The van der Waals surface area contributed by atoms with Gasteiger partial charge in [-0.2, -0.15) is 0 Å². The molecule has 2 N–H and O–H groups in total. The molecule has 40 heavy (non-hydrogen) atoms. The van der Waals surface area contributed by atoms with Gasteiger partial charge in [0, 0.05) is 26.2 Å². The Hall–Kier alpha value is -3.23. The van der Waals surface area contributed by atoms with Gasteiger partial charge in [0.25, 0.3) is 5.91 Å². The second kappa shape index (κ2) is 11.7. The summed E-state index contributed by atoms with van der Waals surface area (Å²) in [6, 6.07) is 1.83. The lowest BCUT2D eigenvalue weighted by molar-refractivity contribution is 0.0506. The van der Waals surface area contributed by atoms with E-state index < -0.39 is 11.5 Å². The fourth-order valence-corrected chi connectivity index (χ4v) is 6.58. The molecule has 1 amide bonds. The predicted octanol–water partition coefficient (Wildman–Crippen LogP) is 5.26. The smallest absolute Gasteiger partial charge is 0.337 e. The molecule has 216 valence electrons. The van der Waals surface area contributed by atoms with Crippen molar-refractivity contribution in [1.82, 2.24) is 19.9 Å². The van der Waals surface area contributed by atoms with Crippen molar-refractivity contribution in [2.75, 3.05) is 36.4 Å². The molecule has 2 aromatic heterocycles. The number of aromatic nitrogens is 3. The molecule has 0 spiro atoms. The minimum Gasteiger partial charge on any atom is -0.478 e. The number of piperazine rings is 1. The minimum absolute atomic E-state index is 0.0904. The van der Waals surface area contributed by atoms with Crippen molar-refractivity contribution in [1.29, 1.82) is 0 Å². The number of carboxylic acid groups (broad SMARTS) is 1. The molecule has 0 bridgehead atoms. The summed E-state index contributed by atoms with van der Waals surface area (Å²) in [7, 11) is 0. The van der Waals surface area contributed by atoms with Gasteiger partial charge in [-0.15, -0.1) is 0 Å². The first-order valence-electron chi connectivity index (χ1n) is 15.0. The summed E-state index contributed by atoms with van der Waals surface area (Å²) in [6.45, 7) is 10.3. The number of carboxylic acids is 1. The zero-order valence-electron chi connectivity index (χ0n) is 24.5. The van der Waals surface area contributed by atoms with E-state index in [4.69, 9.17) is 9.97 Å². The Bertz CT molecular complexity index is 1230. The Kier molecular flexibility index (Phi) is 8.29. The van der Waals surface area contributed by atoms with Crippen LogP contribution in [0.1, 0.15) is 103 Å². The Morgan fingerprint density at radius 3 is 2.38 bits per heavy atom. The lowest BCUT2D eigenvalue weighted by Crippen LogP contribution is -2.61. The summed E-state index contributed by atoms with van der Waals surface area (Å²) in [4.78, 5) is 43.8. The first-order valence-corrected chi connectivity index (χ1v) is 15.0.